The number of nitrogens with one attached hydrogen (secondary N) is 1. The number of rotatable bonds is 3. The Morgan fingerprint density at radius 2 is 2.53 bits per heavy atom. The Morgan fingerprint density at radius 1 is 1.67 bits per heavy atom. The summed E-state index contributed by atoms with van der Waals surface area (Å²) in [5.74, 6) is 0.0225. The molecule has 1 aromatic rings. The summed E-state index contributed by atoms with van der Waals surface area (Å²) in [6.45, 7) is 1.77. The number of amides is 1. The van der Waals surface area contributed by atoms with Crippen molar-refractivity contribution in [3.63, 3.8) is 0 Å². The third-order valence-electron chi connectivity index (χ3n) is 2.51. The van der Waals surface area contributed by atoms with Gasteiger partial charge in [-0.05, 0) is 12.1 Å². The van der Waals surface area contributed by atoms with Gasteiger partial charge in [0.25, 0.3) is 0 Å². The molecule has 15 heavy (non-hydrogen) atoms. The van der Waals surface area contributed by atoms with Crippen molar-refractivity contribution >= 4 is 5.91 Å². The molecule has 0 radical (unpaired) electrons. The normalized spacial score (nSPS) is 22.1. The first-order chi connectivity index (χ1) is 7.29. The number of carbonyl (C=O) groups excluding carboxylic acids is 1. The van der Waals surface area contributed by atoms with Gasteiger partial charge in [-0.2, -0.15) is 0 Å². The summed E-state index contributed by atoms with van der Waals surface area (Å²) < 4.78 is 5.26. The minimum absolute atomic E-state index is 0.0225. The maximum atomic E-state index is 11.5. The lowest BCUT2D eigenvalue weighted by Gasteiger charge is -2.31. The first-order valence-corrected chi connectivity index (χ1v) is 5.01. The third-order valence-corrected chi connectivity index (χ3v) is 2.51. The van der Waals surface area contributed by atoms with E-state index in [4.69, 9.17) is 10.5 Å². The average Bonchev–Trinajstić information content (AvgIpc) is 2.74. The van der Waals surface area contributed by atoms with Gasteiger partial charge in [-0.15, -0.1) is 0 Å². The van der Waals surface area contributed by atoms with Gasteiger partial charge < -0.3 is 20.4 Å². The minimum Gasteiger partial charge on any atom is -0.365 e. The maximum absolute atomic E-state index is 11.5. The van der Waals surface area contributed by atoms with Crippen LogP contribution >= 0.6 is 0 Å². The standard InChI is InChI=1S/C10H15N3O2/c11-4-9-6-13(10(14)7-15-9)5-8-2-1-3-12-8/h1-3,9,12H,4-7,11H2. The molecule has 5 nitrogen and oxygen atoms in total. The number of aromatic amines is 1. The van der Waals surface area contributed by atoms with Crippen LogP contribution in [0.25, 0.3) is 0 Å². The van der Waals surface area contributed by atoms with Crippen LogP contribution in [0.3, 0.4) is 0 Å². The molecule has 1 aromatic heterocycles. The summed E-state index contributed by atoms with van der Waals surface area (Å²) in [6.07, 6.45) is 1.82. The first kappa shape index (κ1) is 10.2. The van der Waals surface area contributed by atoms with Crippen molar-refractivity contribution in [1.29, 1.82) is 0 Å². The molecular weight excluding hydrogens is 194 g/mol. The zero-order valence-electron chi connectivity index (χ0n) is 8.48. The molecule has 1 aliphatic heterocycles. The number of ether oxygens (including phenoxy) is 1. The molecule has 0 saturated carbocycles. The van der Waals surface area contributed by atoms with Crippen LogP contribution in [0.4, 0.5) is 0 Å². The number of carbonyl (C=O) groups is 1. The van der Waals surface area contributed by atoms with Crippen molar-refractivity contribution < 1.29 is 9.53 Å². The second-order valence-electron chi connectivity index (χ2n) is 3.64. The van der Waals surface area contributed by atoms with Gasteiger partial charge in [-0.1, -0.05) is 0 Å². The second kappa shape index (κ2) is 4.46. The third kappa shape index (κ3) is 2.37. The van der Waals surface area contributed by atoms with Gasteiger partial charge in [0.05, 0.1) is 12.6 Å². The van der Waals surface area contributed by atoms with Crippen LogP contribution < -0.4 is 5.73 Å². The van der Waals surface area contributed by atoms with Crippen LogP contribution in [0.15, 0.2) is 18.3 Å². The van der Waals surface area contributed by atoms with E-state index in [1.807, 2.05) is 18.3 Å². The highest BCUT2D eigenvalue weighted by Crippen LogP contribution is 2.09. The summed E-state index contributed by atoms with van der Waals surface area (Å²) in [5.41, 5.74) is 6.54. The minimum atomic E-state index is -0.0299. The molecule has 1 fully saturated rings. The van der Waals surface area contributed by atoms with Crippen LogP contribution in [0.5, 0.6) is 0 Å². The topological polar surface area (TPSA) is 71.3 Å². The van der Waals surface area contributed by atoms with E-state index in [9.17, 15) is 4.79 Å². The van der Waals surface area contributed by atoms with Crippen LogP contribution in [0, 0.1) is 0 Å². The zero-order valence-corrected chi connectivity index (χ0v) is 8.48. The van der Waals surface area contributed by atoms with Crippen molar-refractivity contribution in [2.45, 2.75) is 12.6 Å². The monoisotopic (exact) mass is 209 g/mol. The lowest BCUT2D eigenvalue weighted by atomic mass is 10.2. The Balaban J connectivity index is 1.97. The van der Waals surface area contributed by atoms with Crippen LogP contribution in [-0.2, 0) is 16.1 Å². The molecule has 3 N–H and O–H groups in total. The van der Waals surface area contributed by atoms with Crippen molar-refractivity contribution in [3.05, 3.63) is 24.0 Å². The quantitative estimate of drug-likeness (QED) is 0.718. The van der Waals surface area contributed by atoms with E-state index in [0.29, 0.717) is 19.6 Å². The smallest absolute Gasteiger partial charge is 0.249 e. The predicted molar refractivity (Wildman–Crippen MR) is 55.0 cm³/mol. The molecule has 1 aliphatic rings. The first-order valence-electron chi connectivity index (χ1n) is 5.01. The van der Waals surface area contributed by atoms with Crippen molar-refractivity contribution in [1.82, 2.24) is 9.88 Å². The van der Waals surface area contributed by atoms with E-state index in [1.165, 1.54) is 0 Å². The van der Waals surface area contributed by atoms with E-state index in [-0.39, 0.29) is 18.6 Å². The molecule has 1 saturated heterocycles. The summed E-state index contributed by atoms with van der Waals surface area (Å²) in [4.78, 5) is 16.4. The molecule has 0 aromatic carbocycles. The van der Waals surface area contributed by atoms with Crippen LogP contribution in [-0.4, -0.2) is 41.6 Å². The summed E-state index contributed by atoms with van der Waals surface area (Å²) in [6, 6.07) is 3.88. The fraction of sp³-hybridized carbons (Fsp3) is 0.500. The summed E-state index contributed by atoms with van der Waals surface area (Å²) in [7, 11) is 0. The number of hydrogen-bond acceptors (Lipinski definition) is 3. The van der Waals surface area contributed by atoms with E-state index in [2.05, 4.69) is 4.98 Å². The molecule has 1 atom stereocenters. The fourth-order valence-electron chi connectivity index (χ4n) is 1.65. The highest BCUT2D eigenvalue weighted by Gasteiger charge is 2.25. The largest absolute Gasteiger partial charge is 0.365 e. The highest BCUT2D eigenvalue weighted by molar-refractivity contribution is 5.78. The van der Waals surface area contributed by atoms with Crippen molar-refractivity contribution in [2.24, 2.45) is 5.73 Å². The Labute approximate surface area is 88.2 Å². The number of morpholine rings is 1. The predicted octanol–water partition coefficient (Wildman–Crippen LogP) is -0.299. The van der Waals surface area contributed by atoms with E-state index in [1.54, 1.807) is 4.90 Å². The van der Waals surface area contributed by atoms with Crippen LogP contribution in [0.1, 0.15) is 5.69 Å². The van der Waals surface area contributed by atoms with E-state index in [0.717, 1.165) is 5.69 Å². The van der Waals surface area contributed by atoms with Gasteiger partial charge in [0, 0.05) is 25.0 Å². The molecule has 2 rings (SSSR count). The highest BCUT2D eigenvalue weighted by atomic mass is 16.5. The van der Waals surface area contributed by atoms with Gasteiger partial charge in [0.15, 0.2) is 0 Å². The summed E-state index contributed by atoms with van der Waals surface area (Å²) >= 11 is 0. The molecule has 82 valence electrons. The van der Waals surface area contributed by atoms with Gasteiger partial charge in [0.1, 0.15) is 6.61 Å². The number of hydrogen-bond donors (Lipinski definition) is 2. The van der Waals surface area contributed by atoms with E-state index < -0.39 is 0 Å². The number of nitrogens with two attached hydrogens (primary N) is 1. The van der Waals surface area contributed by atoms with Crippen molar-refractivity contribution in [3.8, 4) is 0 Å². The summed E-state index contributed by atoms with van der Waals surface area (Å²) in [5, 5.41) is 0. The van der Waals surface area contributed by atoms with Gasteiger partial charge in [-0.25, -0.2) is 0 Å². The lowest BCUT2D eigenvalue weighted by molar-refractivity contribution is -0.149. The molecule has 0 bridgehead atoms. The molecule has 1 amide bonds. The number of nitrogens with zero attached hydrogens (tertiary/aromatic N) is 1. The van der Waals surface area contributed by atoms with Crippen LogP contribution in [0.2, 0.25) is 0 Å². The van der Waals surface area contributed by atoms with E-state index >= 15 is 0 Å². The Morgan fingerprint density at radius 3 is 3.20 bits per heavy atom. The zero-order chi connectivity index (χ0) is 10.7. The van der Waals surface area contributed by atoms with Gasteiger partial charge in [0.2, 0.25) is 5.91 Å². The Bertz CT molecular complexity index is 323. The van der Waals surface area contributed by atoms with Gasteiger partial charge in [-0.3, -0.25) is 4.79 Å². The molecule has 2 heterocycles. The average molecular weight is 209 g/mol. The molecule has 1 unspecified atom stereocenters. The Hall–Kier alpha value is -1.33. The molecule has 0 spiro atoms. The van der Waals surface area contributed by atoms with Gasteiger partial charge >= 0.3 is 0 Å². The fourth-order valence-corrected chi connectivity index (χ4v) is 1.65. The second-order valence-corrected chi connectivity index (χ2v) is 3.64. The lowest BCUT2D eigenvalue weighted by Crippen LogP contribution is -2.48. The molecule has 0 aliphatic carbocycles. The van der Waals surface area contributed by atoms with Crippen molar-refractivity contribution in [2.75, 3.05) is 19.7 Å². The maximum Gasteiger partial charge on any atom is 0.249 e. The number of aromatic nitrogens is 1. The molecular formula is C10H15N3O2. The Kier molecular flexibility index (Phi) is 3.03. The number of H-pyrrole nitrogens is 1. The SMILES string of the molecule is NCC1CN(Cc2ccc[nH]2)C(=O)CO1. The molecule has 5 heteroatoms.